The number of aromatic carboxylic acids is 1. The molecule has 1 N–H and O–H groups in total. The summed E-state index contributed by atoms with van der Waals surface area (Å²) < 4.78 is 12.4. The lowest BCUT2D eigenvalue weighted by Gasteiger charge is -2.12. The zero-order chi connectivity index (χ0) is 21.6. The topological polar surface area (TPSA) is 94.6 Å². The fourth-order valence-corrected chi connectivity index (χ4v) is 4.63. The Morgan fingerprint density at radius 1 is 1.23 bits per heavy atom. The fourth-order valence-electron chi connectivity index (χ4n) is 3.56. The summed E-state index contributed by atoms with van der Waals surface area (Å²) in [6.45, 7) is 5.81. The molecule has 3 aromatic heterocycles. The standard InChI is InChI=1S/C22H20N2O5S/c1-11-5-7-16(28-4)15(9-11)18-12(2)30-20-19(18)21(25)24(13(3)23-20)10-14-6-8-17(29-14)22(26)27/h5-9H,10H2,1-4H3,(H,26,27). The van der Waals surface area contributed by atoms with E-state index in [-0.39, 0.29) is 17.9 Å². The zero-order valence-electron chi connectivity index (χ0n) is 17.0. The van der Waals surface area contributed by atoms with Crippen molar-refractivity contribution in [2.24, 2.45) is 0 Å². The lowest BCUT2D eigenvalue weighted by Crippen LogP contribution is -2.24. The number of carboxylic acid groups (broad SMARTS) is 1. The molecule has 0 amide bonds. The van der Waals surface area contributed by atoms with Gasteiger partial charge in [0.15, 0.2) is 0 Å². The summed E-state index contributed by atoms with van der Waals surface area (Å²) in [5.41, 5.74) is 2.52. The number of benzene rings is 1. The van der Waals surface area contributed by atoms with Crippen molar-refractivity contribution >= 4 is 27.5 Å². The molecule has 0 fully saturated rings. The third-order valence-corrected chi connectivity index (χ3v) is 5.99. The van der Waals surface area contributed by atoms with Gasteiger partial charge >= 0.3 is 5.97 Å². The Morgan fingerprint density at radius 3 is 2.67 bits per heavy atom. The zero-order valence-corrected chi connectivity index (χ0v) is 17.8. The van der Waals surface area contributed by atoms with Gasteiger partial charge in [0.1, 0.15) is 22.2 Å². The van der Waals surface area contributed by atoms with E-state index in [4.69, 9.17) is 14.3 Å². The van der Waals surface area contributed by atoms with Crippen LogP contribution < -0.4 is 10.3 Å². The number of hydrogen-bond acceptors (Lipinski definition) is 6. The highest BCUT2D eigenvalue weighted by Crippen LogP contribution is 2.40. The third kappa shape index (κ3) is 3.29. The Labute approximate surface area is 176 Å². The monoisotopic (exact) mass is 424 g/mol. The number of aromatic nitrogens is 2. The number of fused-ring (bicyclic) bond motifs is 1. The van der Waals surface area contributed by atoms with Crippen molar-refractivity contribution in [3.8, 4) is 16.9 Å². The Balaban J connectivity index is 1.93. The molecule has 0 aliphatic rings. The van der Waals surface area contributed by atoms with Crippen LogP contribution in [0.5, 0.6) is 5.75 Å². The molecule has 1 aromatic carbocycles. The minimum atomic E-state index is -1.15. The Hall–Kier alpha value is -3.39. The first kappa shape index (κ1) is 19.9. The summed E-state index contributed by atoms with van der Waals surface area (Å²) >= 11 is 1.47. The Kier molecular flexibility index (Phi) is 4.95. The highest BCUT2D eigenvalue weighted by atomic mass is 32.1. The highest BCUT2D eigenvalue weighted by Gasteiger charge is 2.21. The lowest BCUT2D eigenvalue weighted by molar-refractivity contribution is 0.0660. The molecule has 0 aliphatic heterocycles. The molecule has 0 saturated carbocycles. The number of ether oxygens (including phenoxy) is 1. The maximum Gasteiger partial charge on any atom is 0.371 e. The van der Waals surface area contributed by atoms with Crippen molar-refractivity contribution in [2.45, 2.75) is 27.3 Å². The Morgan fingerprint density at radius 2 is 2.00 bits per heavy atom. The molecule has 4 aromatic rings. The van der Waals surface area contributed by atoms with E-state index in [9.17, 15) is 9.59 Å². The van der Waals surface area contributed by atoms with Crippen LogP contribution in [0.4, 0.5) is 0 Å². The van der Waals surface area contributed by atoms with Crippen LogP contribution in [0.1, 0.15) is 32.6 Å². The third-order valence-electron chi connectivity index (χ3n) is 4.99. The second kappa shape index (κ2) is 7.46. The van der Waals surface area contributed by atoms with Crippen molar-refractivity contribution < 1.29 is 19.1 Å². The van der Waals surface area contributed by atoms with E-state index in [2.05, 4.69) is 4.98 Å². The van der Waals surface area contributed by atoms with Crippen molar-refractivity contribution in [3.05, 3.63) is 68.5 Å². The predicted molar refractivity (Wildman–Crippen MR) is 115 cm³/mol. The molecule has 0 saturated heterocycles. The number of carbonyl (C=O) groups is 1. The quantitative estimate of drug-likeness (QED) is 0.510. The molecule has 0 unspecified atom stereocenters. The number of hydrogen-bond donors (Lipinski definition) is 1. The smallest absolute Gasteiger partial charge is 0.371 e. The van der Waals surface area contributed by atoms with Crippen LogP contribution in [0.3, 0.4) is 0 Å². The van der Waals surface area contributed by atoms with Gasteiger partial charge in [0, 0.05) is 16.0 Å². The molecule has 0 aliphatic carbocycles. The van der Waals surface area contributed by atoms with Gasteiger partial charge in [-0.1, -0.05) is 11.6 Å². The molecule has 3 heterocycles. The molecule has 4 rings (SSSR count). The molecule has 7 nitrogen and oxygen atoms in total. The van der Waals surface area contributed by atoms with Gasteiger partial charge in [-0.3, -0.25) is 9.36 Å². The van der Waals surface area contributed by atoms with E-state index in [1.165, 1.54) is 22.0 Å². The Bertz CT molecular complexity index is 1350. The summed E-state index contributed by atoms with van der Waals surface area (Å²) in [4.78, 5) is 30.9. The summed E-state index contributed by atoms with van der Waals surface area (Å²) in [6, 6.07) is 8.79. The number of thiophene rings is 1. The highest BCUT2D eigenvalue weighted by molar-refractivity contribution is 7.19. The molecule has 0 radical (unpaired) electrons. The molecular weight excluding hydrogens is 404 g/mol. The number of furan rings is 1. The molecular formula is C22H20N2O5S. The molecule has 154 valence electrons. The van der Waals surface area contributed by atoms with E-state index >= 15 is 0 Å². The van der Waals surface area contributed by atoms with Gasteiger partial charge < -0.3 is 14.3 Å². The summed E-state index contributed by atoms with van der Waals surface area (Å²) in [5.74, 6) is 0.278. The van der Waals surface area contributed by atoms with Crippen LogP contribution in [0.15, 0.2) is 39.5 Å². The average molecular weight is 424 g/mol. The number of carboxylic acids is 1. The summed E-state index contributed by atoms with van der Waals surface area (Å²) in [5, 5.41) is 9.59. The van der Waals surface area contributed by atoms with Crippen LogP contribution in [0, 0.1) is 20.8 Å². The largest absolute Gasteiger partial charge is 0.496 e. The second-order valence-electron chi connectivity index (χ2n) is 7.04. The molecule has 0 spiro atoms. The molecule has 0 bridgehead atoms. The van der Waals surface area contributed by atoms with E-state index in [0.717, 1.165) is 21.6 Å². The van der Waals surface area contributed by atoms with E-state index in [1.54, 1.807) is 20.1 Å². The number of rotatable bonds is 5. The van der Waals surface area contributed by atoms with Crippen molar-refractivity contribution in [2.75, 3.05) is 7.11 Å². The van der Waals surface area contributed by atoms with Gasteiger partial charge in [-0.2, -0.15) is 0 Å². The van der Waals surface area contributed by atoms with Gasteiger partial charge in [0.2, 0.25) is 5.76 Å². The van der Waals surface area contributed by atoms with Gasteiger partial charge in [-0.15, -0.1) is 11.3 Å². The summed E-state index contributed by atoms with van der Waals surface area (Å²) in [6.07, 6.45) is 0. The van der Waals surface area contributed by atoms with Gasteiger partial charge in [0.25, 0.3) is 5.56 Å². The van der Waals surface area contributed by atoms with Crippen LogP contribution in [-0.2, 0) is 6.54 Å². The van der Waals surface area contributed by atoms with Crippen LogP contribution in [-0.4, -0.2) is 27.7 Å². The van der Waals surface area contributed by atoms with Crippen molar-refractivity contribution in [1.29, 1.82) is 0 Å². The average Bonchev–Trinajstić information content (AvgIpc) is 3.29. The maximum atomic E-state index is 13.5. The maximum absolute atomic E-state index is 13.5. The molecule has 0 atom stereocenters. The number of nitrogens with zero attached hydrogens (tertiary/aromatic N) is 2. The van der Waals surface area contributed by atoms with E-state index in [1.807, 2.05) is 32.0 Å². The van der Waals surface area contributed by atoms with E-state index in [0.29, 0.717) is 27.6 Å². The minimum Gasteiger partial charge on any atom is -0.496 e. The molecule has 30 heavy (non-hydrogen) atoms. The van der Waals surface area contributed by atoms with Gasteiger partial charge in [-0.25, -0.2) is 9.78 Å². The minimum absolute atomic E-state index is 0.0974. The lowest BCUT2D eigenvalue weighted by atomic mass is 10.0. The second-order valence-corrected chi connectivity index (χ2v) is 8.24. The van der Waals surface area contributed by atoms with Crippen molar-refractivity contribution in [1.82, 2.24) is 9.55 Å². The number of methoxy groups -OCH3 is 1. The fraction of sp³-hybridized carbons (Fsp3) is 0.227. The first-order valence-electron chi connectivity index (χ1n) is 9.27. The van der Waals surface area contributed by atoms with Crippen LogP contribution in [0.2, 0.25) is 0 Å². The van der Waals surface area contributed by atoms with E-state index < -0.39 is 5.97 Å². The van der Waals surface area contributed by atoms with Crippen LogP contribution in [0.25, 0.3) is 21.3 Å². The predicted octanol–water partition coefficient (Wildman–Crippen LogP) is 4.40. The normalized spacial score (nSPS) is 11.2. The van der Waals surface area contributed by atoms with Gasteiger partial charge in [0.05, 0.1) is 19.0 Å². The van der Waals surface area contributed by atoms with Crippen molar-refractivity contribution in [3.63, 3.8) is 0 Å². The van der Waals surface area contributed by atoms with Crippen LogP contribution >= 0.6 is 11.3 Å². The molecule has 8 heteroatoms. The summed E-state index contributed by atoms with van der Waals surface area (Å²) in [7, 11) is 1.61. The first-order chi connectivity index (χ1) is 14.3. The number of aryl methyl sites for hydroxylation is 3. The SMILES string of the molecule is COc1ccc(C)cc1-c1c(C)sc2nc(C)n(Cc3ccc(C(=O)O)o3)c(=O)c12. The van der Waals surface area contributed by atoms with Gasteiger partial charge in [-0.05, 0) is 45.0 Å². The first-order valence-corrected chi connectivity index (χ1v) is 10.1.